The van der Waals surface area contributed by atoms with E-state index in [1.54, 1.807) is 0 Å². The zero-order valence-electron chi connectivity index (χ0n) is 17.4. The van der Waals surface area contributed by atoms with Crippen LogP contribution < -0.4 is 9.64 Å². The number of aryl methyl sites for hydroxylation is 1. The molecule has 2 aromatic carbocycles. The van der Waals surface area contributed by atoms with Gasteiger partial charge in [0, 0.05) is 43.6 Å². The average molecular weight is 399 g/mol. The number of pyridine rings is 1. The number of hydrogen-bond acceptors (Lipinski definition) is 4. The van der Waals surface area contributed by atoms with Gasteiger partial charge in [0.2, 0.25) is 0 Å². The molecule has 4 aromatic rings. The Bertz CT molecular complexity index is 1110. The maximum absolute atomic E-state index is 5.99. The number of furan rings is 1. The molecule has 0 fully saturated rings. The number of anilines is 1. The number of ether oxygens (including phenoxy) is 1. The molecule has 0 saturated carbocycles. The summed E-state index contributed by atoms with van der Waals surface area (Å²) in [6, 6.07) is 20.6. The lowest BCUT2D eigenvalue weighted by Crippen LogP contribution is -2.07. The Morgan fingerprint density at radius 3 is 2.50 bits per heavy atom. The highest BCUT2D eigenvalue weighted by atomic mass is 16.5. The van der Waals surface area contributed by atoms with Gasteiger partial charge in [-0.15, -0.1) is 0 Å². The van der Waals surface area contributed by atoms with Gasteiger partial charge >= 0.3 is 0 Å². The van der Waals surface area contributed by atoms with Crippen molar-refractivity contribution in [2.75, 3.05) is 25.6 Å². The van der Waals surface area contributed by atoms with Gasteiger partial charge < -0.3 is 14.1 Å². The first-order valence-electron chi connectivity index (χ1n) is 10.2. The van der Waals surface area contributed by atoms with Crippen molar-refractivity contribution in [2.24, 2.45) is 0 Å². The lowest BCUT2D eigenvalue weighted by molar-refractivity contribution is 0.311. The normalized spacial score (nSPS) is 11.3. The minimum absolute atomic E-state index is 0.671. The fourth-order valence-corrected chi connectivity index (χ4v) is 3.28. The quantitative estimate of drug-likeness (QED) is 0.337. The van der Waals surface area contributed by atoms with Crippen LogP contribution in [0.25, 0.3) is 23.1 Å². The number of fused-ring (bicyclic) bond motifs is 1. The Hall–Kier alpha value is -3.53. The Morgan fingerprint density at radius 1 is 0.933 bits per heavy atom. The predicted molar refractivity (Wildman–Crippen MR) is 124 cm³/mol. The van der Waals surface area contributed by atoms with E-state index in [0.717, 1.165) is 40.9 Å². The monoisotopic (exact) mass is 398 g/mol. The van der Waals surface area contributed by atoms with E-state index in [9.17, 15) is 0 Å². The molecule has 0 saturated heterocycles. The smallest absolute Gasteiger partial charge is 0.138 e. The summed E-state index contributed by atoms with van der Waals surface area (Å²) < 4.78 is 11.9. The summed E-state index contributed by atoms with van der Waals surface area (Å²) >= 11 is 0. The van der Waals surface area contributed by atoms with E-state index in [1.165, 1.54) is 11.3 Å². The summed E-state index contributed by atoms with van der Waals surface area (Å²) in [5.41, 5.74) is 4.44. The Labute approximate surface area is 177 Å². The molecule has 0 unspecified atom stereocenters. The van der Waals surface area contributed by atoms with Gasteiger partial charge in [-0.3, -0.25) is 4.98 Å². The van der Waals surface area contributed by atoms with Crippen LogP contribution in [-0.4, -0.2) is 25.7 Å². The van der Waals surface area contributed by atoms with Gasteiger partial charge in [-0.25, -0.2) is 0 Å². The summed E-state index contributed by atoms with van der Waals surface area (Å²) in [6.07, 6.45) is 9.65. The molecule has 0 bridgehead atoms. The second kappa shape index (κ2) is 9.31. The van der Waals surface area contributed by atoms with E-state index in [1.807, 2.05) is 69.0 Å². The zero-order chi connectivity index (χ0) is 20.8. The average Bonchev–Trinajstić information content (AvgIpc) is 3.18. The topological polar surface area (TPSA) is 38.5 Å². The zero-order valence-corrected chi connectivity index (χ0v) is 17.4. The van der Waals surface area contributed by atoms with E-state index < -0.39 is 0 Å². The molecule has 0 N–H and O–H groups in total. The second-order valence-electron chi connectivity index (χ2n) is 7.48. The number of aromatic nitrogens is 1. The fraction of sp³-hybridized carbons (Fsp3) is 0.192. The summed E-state index contributed by atoms with van der Waals surface area (Å²) in [5, 5.41) is 1.07. The summed E-state index contributed by atoms with van der Waals surface area (Å²) in [6.45, 7) is 0.671. The Balaban J connectivity index is 1.36. The highest BCUT2D eigenvalue weighted by Crippen LogP contribution is 2.26. The number of nitrogens with zero attached hydrogens (tertiary/aromatic N) is 2. The van der Waals surface area contributed by atoms with Crippen molar-refractivity contribution >= 4 is 28.8 Å². The maximum atomic E-state index is 5.99. The van der Waals surface area contributed by atoms with Gasteiger partial charge in [-0.05, 0) is 72.5 Å². The first-order valence-corrected chi connectivity index (χ1v) is 10.2. The van der Waals surface area contributed by atoms with Crippen molar-refractivity contribution in [1.29, 1.82) is 0 Å². The van der Waals surface area contributed by atoms with Crippen molar-refractivity contribution in [3.05, 3.63) is 89.9 Å². The van der Waals surface area contributed by atoms with Crippen molar-refractivity contribution in [1.82, 2.24) is 4.98 Å². The number of hydrogen-bond donors (Lipinski definition) is 0. The maximum Gasteiger partial charge on any atom is 0.138 e. The summed E-state index contributed by atoms with van der Waals surface area (Å²) in [7, 11) is 4.08. The standard InChI is InChI=1S/C26H26N2O2/c1-28(2)23-9-5-21(6-10-23)7-11-25-18-22-8-12-24(19-26(22)30-25)29-17-3-4-20-13-15-27-16-14-20/h5-16,18-19H,3-4,17H2,1-2H3/b11-7+. The molecule has 0 aliphatic carbocycles. The largest absolute Gasteiger partial charge is 0.493 e. The van der Waals surface area contributed by atoms with Gasteiger partial charge in [-0.1, -0.05) is 18.2 Å². The molecule has 4 rings (SSSR count). The minimum Gasteiger partial charge on any atom is -0.493 e. The van der Waals surface area contributed by atoms with Crippen LogP contribution in [0.5, 0.6) is 5.75 Å². The lowest BCUT2D eigenvalue weighted by atomic mass is 10.1. The third-order valence-electron chi connectivity index (χ3n) is 4.99. The molecule has 4 heteroatoms. The van der Waals surface area contributed by atoms with Crippen LogP contribution in [0.3, 0.4) is 0 Å². The minimum atomic E-state index is 0.671. The van der Waals surface area contributed by atoms with E-state index >= 15 is 0 Å². The van der Waals surface area contributed by atoms with Crippen LogP contribution in [0.1, 0.15) is 23.3 Å². The molecule has 0 aliphatic rings. The molecular weight excluding hydrogens is 372 g/mol. The van der Waals surface area contributed by atoms with Crippen LogP contribution in [0.15, 0.2) is 77.5 Å². The molecule has 0 aliphatic heterocycles. The first-order chi connectivity index (χ1) is 14.7. The van der Waals surface area contributed by atoms with Crippen LogP contribution in [0.4, 0.5) is 5.69 Å². The van der Waals surface area contributed by atoms with Crippen molar-refractivity contribution in [3.63, 3.8) is 0 Å². The molecular formula is C26H26N2O2. The summed E-state index contributed by atoms with van der Waals surface area (Å²) in [5.74, 6) is 1.66. The molecule has 2 aromatic heterocycles. The van der Waals surface area contributed by atoms with Crippen molar-refractivity contribution in [3.8, 4) is 5.75 Å². The van der Waals surface area contributed by atoms with Crippen LogP contribution >= 0.6 is 0 Å². The Kier molecular flexibility index (Phi) is 6.14. The molecule has 30 heavy (non-hydrogen) atoms. The van der Waals surface area contributed by atoms with Gasteiger partial charge in [0.1, 0.15) is 17.1 Å². The molecule has 4 nitrogen and oxygen atoms in total. The lowest BCUT2D eigenvalue weighted by Gasteiger charge is -2.11. The van der Waals surface area contributed by atoms with Gasteiger partial charge in [-0.2, -0.15) is 0 Å². The van der Waals surface area contributed by atoms with E-state index in [4.69, 9.17) is 9.15 Å². The van der Waals surface area contributed by atoms with E-state index in [0.29, 0.717) is 6.61 Å². The van der Waals surface area contributed by atoms with Gasteiger partial charge in [0.05, 0.1) is 6.61 Å². The van der Waals surface area contributed by atoms with Gasteiger partial charge in [0.25, 0.3) is 0 Å². The highest BCUT2D eigenvalue weighted by Gasteiger charge is 2.04. The van der Waals surface area contributed by atoms with Gasteiger partial charge in [0.15, 0.2) is 0 Å². The Morgan fingerprint density at radius 2 is 1.73 bits per heavy atom. The van der Waals surface area contributed by atoms with Crippen LogP contribution in [0, 0.1) is 0 Å². The molecule has 0 atom stereocenters. The van der Waals surface area contributed by atoms with Crippen LogP contribution in [0.2, 0.25) is 0 Å². The van der Waals surface area contributed by atoms with E-state index in [2.05, 4.69) is 40.2 Å². The third kappa shape index (κ3) is 5.09. The number of benzene rings is 2. The molecule has 0 amide bonds. The molecule has 2 heterocycles. The molecule has 0 radical (unpaired) electrons. The highest BCUT2D eigenvalue weighted by molar-refractivity contribution is 5.83. The van der Waals surface area contributed by atoms with Crippen molar-refractivity contribution in [2.45, 2.75) is 12.8 Å². The summed E-state index contributed by atoms with van der Waals surface area (Å²) in [4.78, 5) is 6.13. The SMILES string of the molecule is CN(C)c1ccc(/C=C/c2cc3ccc(OCCCc4ccncc4)cc3o2)cc1. The fourth-order valence-electron chi connectivity index (χ4n) is 3.28. The third-order valence-corrected chi connectivity index (χ3v) is 4.99. The van der Waals surface area contributed by atoms with E-state index in [-0.39, 0.29) is 0 Å². The number of rotatable bonds is 8. The molecule has 0 spiro atoms. The second-order valence-corrected chi connectivity index (χ2v) is 7.48. The predicted octanol–water partition coefficient (Wildman–Crippen LogP) is 6.08. The van der Waals surface area contributed by atoms with Crippen molar-refractivity contribution < 1.29 is 9.15 Å². The molecule has 152 valence electrons. The van der Waals surface area contributed by atoms with Crippen LogP contribution in [-0.2, 0) is 6.42 Å². The first kappa shape index (κ1) is 19.8.